The van der Waals surface area contributed by atoms with Crippen molar-refractivity contribution in [1.29, 1.82) is 0 Å². The zero-order valence-electron chi connectivity index (χ0n) is 27.3. The second-order valence-electron chi connectivity index (χ2n) is 14.7. The predicted molar refractivity (Wildman–Crippen MR) is 154 cm³/mol. The molecule has 50 heavy (non-hydrogen) atoms. The molecule has 2 N–H and O–H groups in total. The van der Waals surface area contributed by atoms with Gasteiger partial charge < -0.3 is 15.1 Å². The highest BCUT2D eigenvalue weighted by molar-refractivity contribution is 5.41. The monoisotopic (exact) mass is 749 g/mol. The van der Waals surface area contributed by atoms with Crippen molar-refractivity contribution in [3.8, 4) is 5.75 Å². The standard InChI is InChI=1S/C33H41F14NO2/c1-27-12-10-23-22-7-6-21(49)17-18(22)15-19(26(23)24(27)8-9-25(27)50)16-20(34)5-3-13-48(2)14-4-11-28(35,36)29(37,38)30(39,40)31(41,42)32(43,44)33(45,46)47/h6-7,17,19-20,23-26,49-50H,3-5,8-16H2,1-2H3/t19-,20?,23+,24-,25-,26+,27-/m0/s1. The summed E-state index contributed by atoms with van der Waals surface area (Å²) in [6.45, 7) is 1.55. The van der Waals surface area contributed by atoms with E-state index >= 15 is 4.39 Å². The van der Waals surface area contributed by atoms with Crippen LogP contribution >= 0.6 is 0 Å². The molecule has 3 nitrogen and oxygen atoms in total. The summed E-state index contributed by atoms with van der Waals surface area (Å²) < 4.78 is 189. The van der Waals surface area contributed by atoms with Crippen LogP contribution in [0.5, 0.6) is 5.75 Å². The van der Waals surface area contributed by atoms with E-state index in [2.05, 4.69) is 6.92 Å². The number of hydrogen-bond acceptors (Lipinski definition) is 3. The molecule has 0 aliphatic heterocycles. The van der Waals surface area contributed by atoms with Gasteiger partial charge in [0.25, 0.3) is 0 Å². The molecule has 1 unspecified atom stereocenters. The van der Waals surface area contributed by atoms with E-state index in [0.717, 1.165) is 30.4 Å². The molecule has 0 bridgehead atoms. The average molecular weight is 750 g/mol. The number of benzene rings is 1. The van der Waals surface area contributed by atoms with Gasteiger partial charge in [-0.05, 0) is 130 Å². The Kier molecular flexibility index (Phi) is 11.2. The molecule has 0 radical (unpaired) electrons. The number of rotatable bonds is 14. The number of aliphatic hydroxyl groups excluding tert-OH is 1. The first-order valence-electron chi connectivity index (χ1n) is 16.5. The number of phenols is 1. The molecule has 3 aliphatic rings. The first-order chi connectivity index (χ1) is 22.7. The Balaban J connectivity index is 1.31. The minimum Gasteiger partial charge on any atom is -0.508 e. The van der Waals surface area contributed by atoms with E-state index in [0.29, 0.717) is 12.8 Å². The zero-order valence-corrected chi connectivity index (χ0v) is 27.3. The summed E-state index contributed by atoms with van der Waals surface area (Å²) in [5.74, 6) is -36.5. The first kappa shape index (κ1) is 40.7. The fourth-order valence-corrected chi connectivity index (χ4v) is 8.65. The molecule has 7 atom stereocenters. The van der Waals surface area contributed by atoms with Crippen molar-refractivity contribution in [2.45, 2.75) is 125 Å². The molecule has 3 aliphatic carbocycles. The van der Waals surface area contributed by atoms with Crippen LogP contribution in [0.15, 0.2) is 18.2 Å². The summed E-state index contributed by atoms with van der Waals surface area (Å²) in [6.07, 6.45) is -8.68. The number of nitrogens with zero attached hydrogens (tertiary/aromatic N) is 1. The maximum atomic E-state index is 15.5. The maximum Gasteiger partial charge on any atom is 0.460 e. The van der Waals surface area contributed by atoms with Gasteiger partial charge in [0.2, 0.25) is 0 Å². The van der Waals surface area contributed by atoms with Gasteiger partial charge in [-0.15, -0.1) is 0 Å². The van der Waals surface area contributed by atoms with E-state index in [1.807, 2.05) is 6.07 Å². The van der Waals surface area contributed by atoms with Crippen LogP contribution in [0.25, 0.3) is 0 Å². The Bertz CT molecular complexity index is 1340. The molecule has 0 saturated heterocycles. The Hall–Kier alpha value is -2.04. The second kappa shape index (κ2) is 13.7. The Morgan fingerprint density at radius 2 is 1.44 bits per heavy atom. The van der Waals surface area contributed by atoms with Crippen LogP contribution < -0.4 is 0 Å². The van der Waals surface area contributed by atoms with Crippen molar-refractivity contribution in [3.05, 3.63) is 29.3 Å². The largest absolute Gasteiger partial charge is 0.508 e. The first-order valence-corrected chi connectivity index (χ1v) is 16.5. The number of fused-ring (bicyclic) bond motifs is 5. The molecule has 2 saturated carbocycles. The van der Waals surface area contributed by atoms with Crippen molar-refractivity contribution in [2.24, 2.45) is 23.2 Å². The molecule has 2 fully saturated rings. The van der Waals surface area contributed by atoms with Crippen LogP contribution in [-0.2, 0) is 6.42 Å². The quantitative estimate of drug-likeness (QED) is 0.186. The van der Waals surface area contributed by atoms with E-state index in [4.69, 9.17) is 0 Å². The zero-order chi connectivity index (χ0) is 37.9. The smallest absolute Gasteiger partial charge is 0.460 e. The van der Waals surface area contributed by atoms with Crippen molar-refractivity contribution < 1.29 is 71.7 Å². The van der Waals surface area contributed by atoms with Crippen molar-refractivity contribution >= 4 is 0 Å². The van der Waals surface area contributed by atoms with Crippen LogP contribution in [-0.4, -0.2) is 83.3 Å². The molecule has 0 amide bonds. The number of aromatic hydroxyl groups is 1. The third-order valence-electron chi connectivity index (χ3n) is 11.5. The van der Waals surface area contributed by atoms with Crippen LogP contribution in [0, 0.1) is 23.2 Å². The van der Waals surface area contributed by atoms with Gasteiger partial charge in [0.1, 0.15) is 11.9 Å². The molecule has 17 heteroatoms. The van der Waals surface area contributed by atoms with Gasteiger partial charge in [0.15, 0.2) is 0 Å². The van der Waals surface area contributed by atoms with Crippen LogP contribution in [0.3, 0.4) is 0 Å². The second-order valence-corrected chi connectivity index (χ2v) is 14.7. The molecule has 4 rings (SSSR count). The summed E-state index contributed by atoms with van der Waals surface area (Å²) in [5.41, 5.74) is 1.75. The number of hydrogen-bond donors (Lipinski definition) is 2. The lowest BCUT2D eigenvalue weighted by Gasteiger charge is -2.53. The normalized spacial score (nSPS) is 28.7. The summed E-state index contributed by atoms with van der Waals surface area (Å²) in [6, 6.07) is 5.21. The van der Waals surface area contributed by atoms with Gasteiger partial charge in [-0.1, -0.05) is 13.0 Å². The molecular formula is C33H41F14NO2. The fourth-order valence-electron chi connectivity index (χ4n) is 8.65. The summed E-state index contributed by atoms with van der Waals surface area (Å²) in [7, 11) is 1.29. The lowest BCUT2D eigenvalue weighted by molar-refractivity contribution is -0.440. The van der Waals surface area contributed by atoms with E-state index in [1.54, 1.807) is 12.1 Å². The molecule has 0 aromatic heterocycles. The van der Waals surface area contributed by atoms with E-state index in [1.165, 1.54) is 11.9 Å². The topological polar surface area (TPSA) is 43.7 Å². The molecular weight excluding hydrogens is 708 g/mol. The molecule has 0 heterocycles. The molecule has 0 spiro atoms. The lowest BCUT2D eigenvalue weighted by Crippen LogP contribution is -2.70. The highest BCUT2D eigenvalue weighted by Crippen LogP contribution is 2.63. The Morgan fingerprint density at radius 1 is 0.840 bits per heavy atom. The van der Waals surface area contributed by atoms with E-state index in [-0.39, 0.29) is 60.6 Å². The minimum absolute atomic E-state index is 0.00135. The third kappa shape index (κ3) is 6.91. The van der Waals surface area contributed by atoms with Gasteiger partial charge in [-0.25, -0.2) is 4.39 Å². The van der Waals surface area contributed by atoms with Gasteiger partial charge >= 0.3 is 35.8 Å². The minimum atomic E-state index is -7.91. The summed E-state index contributed by atoms with van der Waals surface area (Å²) in [4.78, 5) is 1.24. The van der Waals surface area contributed by atoms with Crippen LogP contribution in [0.1, 0.15) is 81.8 Å². The summed E-state index contributed by atoms with van der Waals surface area (Å²) >= 11 is 0. The van der Waals surface area contributed by atoms with E-state index in [9.17, 15) is 67.3 Å². The highest BCUT2D eigenvalue weighted by Gasteiger charge is 2.90. The van der Waals surface area contributed by atoms with Gasteiger partial charge in [0.05, 0.1) is 6.10 Å². The van der Waals surface area contributed by atoms with E-state index < -0.39 is 67.5 Å². The van der Waals surface area contributed by atoms with Crippen molar-refractivity contribution in [1.82, 2.24) is 4.90 Å². The number of halogens is 14. The van der Waals surface area contributed by atoms with Gasteiger partial charge in [-0.3, -0.25) is 0 Å². The predicted octanol–water partition coefficient (Wildman–Crippen LogP) is 9.79. The molecule has 288 valence electrons. The van der Waals surface area contributed by atoms with Crippen molar-refractivity contribution in [3.63, 3.8) is 0 Å². The summed E-state index contributed by atoms with van der Waals surface area (Å²) in [5, 5.41) is 20.9. The third-order valence-corrected chi connectivity index (χ3v) is 11.5. The highest BCUT2D eigenvalue weighted by atomic mass is 19.4. The fraction of sp³-hybridized carbons (Fsp3) is 0.818. The molecule has 1 aromatic rings. The number of phenolic OH excluding ortho intramolecular Hbond substituents is 1. The van der Waals surface area contributed by atoms with Gasteiger partial charge in [0, 0.05) is 6.42 Å². The number of alkyl halides is 14. The lowest BCUT2D eigenvalue weighted by atomic mass is 9.52. The van der Waals surface area contributed by atoms with Crippen molar-refractivity contribution in [2.75, 3.05) is 20.1 Å². The van der Waals surface area contributed by atoms with Gasteiger partial charge in [-0.2, -0.15) is 57.1 Å². The number of aliphatic hydroxyl groups is 1. The Morgan fingerprint density at radius 3 is 2.06 bits per heavy atom. The van der Waals surface area contributed by atoms with Crippen LogP contribution in [0.2, 0.25) is 0 Å². The SMILES string of the molecule is CN(CCCC(F)C[C@@H]1Cc2cc(O)ccc2[C@H]2CC[C@]3(C)[C@@H](O)CC[C@H]3[C@H]12)CCCC(F)(F)C(F)(F)C(F)(F)C(F)(F)C(F)(F)C(F)(F)F. The maximum absolute atomic E-state index is 15.5. The Labute approximate surface area is 280 Å². The average Bonchev–Trinajstić information content (AvgIpc) is 3.29. The molecule has 1 aromatic carbocycles. The van der Waals surface area contributed by atoms with Crippen LogP contribution in [0.4, 0.5) is 61.5 Å².